The molecule has 3 heterocycles. The highest BCUT2D eigenvalue weighted by Crippen LogP contribution is 2.51. The van der Waals surface area contributed by atoms with Crippen molar-refractivity contribution >= 4 is 103 Å². The molecule has 0 atom stereocenters. The summed E-state index contributed by atoms with van der Waals surface area (Å²) in [7, 11) is 0. The molecule has 0 spiro atoms. The summed E-state index contributed by atoms with van der Waals surface area (Å²) in [6.07, 6.45) is 0. The Labute approximate surface area is 325 Å². The van der Waals surface area contributed by atoms with Gasteiger partial charge in [-0.3, -0.25) is 0 Å². The van der Waals surface area contributed by atoms with E-state index >= 15 is 0 Å². The predicted molar refractivity (Wildman–Crippen MR) is 237 cm³/mol. The van der Waals surface area contributed by atoms with Gasteiger partial charge in [0.05, 0.1) is 21.8 Å². The number of para-hydroxylation sites is 3. The van der Waals surface area contributed by atoms with E-state index in [1.165, 1.54) is 30.9 Å². The normalized spacial score (nSPS) is 11.9. The molecule has 0 saturated heterocycles. The van der Waals surface area contributed by atoms with Crippen LogP contribution in [0.5, 0.6) is 0 Å². The summed E-state index contributed by atoms with van der Waals surface area (Å²) in [4.78, 5) is 2.42. The average Bonchev–Trinajstić information content (AvgIpc) is 3.95. The number of furan rings is 2. The SMILES string of the molecule is c1ccc(-c2ccccc2N(c2cccc3c2oc2c(-c4ccc5ccccc5c4)c4c(cc23)oc2ccccc24)c2cccc3c2sc2ccccc23)cc1. The van der Waals surface area contributed by atoms with Crippen LogP contribution in [-0.4, -0.2) is 0 Å². The maximum absolute atomic E-state index is 7.37. The van der Waals surface area contributed by atoms with Crippen molar-refractivity contribution in [2.45, 2.75) is 0 Å². The van der Waals surface area contributed by atoms with Gasteiger partial charge >= 0.3 is 0 Å². The highest BCUT2D eigenvalue weighted by atomic mass is 32.1. The van der Waals surface area contributed by atoms with E-state index in [9.17, 15) is 0 Å². The van der Waals surface area contributed by atoms with Crippen molar-refractivity contribution in [1.29, 1.82) is 0 Å². The molecule has 262 valence electrons. The van der Waals surface area contributed by atoms with Crippen molar-refractivity contribution in [3.05, 3.63) is 188 Å². The van der Waals surface area contributed by atoms with E-state index in [1.807, 2.05) is 23.5 Å². The molecule has 0 radical (unpaired) electrons. The van der Waals surface area contributed by atoms with Crippen molar-refractivity contribution in [1.82, 2.24) is 0 Å². The van der Waals surface area contributed by atoms with Gasteiger partial charge in [-0.05, 0) is 64.4 Å². The van der Waals surface area contributed by atoms with Crippen LogP contribution < -0.4 is 4.90 Å². The lowest BCUT2D eigenvalue weighted by Gasteiger charge is -2.28. The largest absolute Gasteiger partial charge is 0.456 e. The number of anilines is 3. The number of thiophene rings is 1. The molecule has 0 aliphatic heterocycles. The standard InChI is InChI=1S/C52H31NO2S/c1-2-15-33(16-3-1)36-18-6-9-23-42(36)53(44-25-13-22-39-37-19-8-11-27-47(37)56-52(39)44)43-24-12-21-38-41-31-46-49(40-20-7-10-26-45(40)54-46)48(51(41)55-50(38)43)35-29-28-32-14-4-5-17-34(32)30-35/h1-31H. The van der Waals surface area contributed by atoms with E-state index in [0.717, 1.165) is 83.2 Å². The summed E-state index contributed by atoms with van der Waals surface area (Å²) < 4.78 is 16.5. The summed E-state index contributed by atoms with van der Waals surface area (Å²) in [6, 6.07) is 67.1. The number of rotatable bonds is 5. The molecule has 0 unspecified atom stereocenters. The van der Waals surface area contributed by atoms with E-state index in [2.05, 4.69) is 181 Å². The van der Waals surface area contributed by atoms with E-state index in [-0.39, 0.29) is 0 Å². The van der Waals surface area contributed by atoms with Crippen LogP contribution in [0.1, 0.15) is 0 Å². The molecule has 0 aliphatic carbocycles. The monoisotopic (exact) mass is 733 g/mol. The van der Waals surface area contributed by atoms with Crippen LogP contribution in [0.3, 0.4) is 0 Å². The Balaban J connectivity index is 1.20. The lowest BCUT2D eigenvalue weighted by atomic mass is 9.95. The molecule has 0 fully saturated rings. The average molecular weight is 734 g/mol. The Hall–Kier alpha value is -7.14. The summed E-state index contributed by atoms with van der Waals surface area (Å²) >= 11 is 1.84. The first-order valence-corrected chi connectivity index (χ1v) is 19.7. The molecule has 0 bridgehead atoms. The van der Waals surface area contributed by atoms with Gasteiger partial charge in [0.1, 0.15) is 16.7 Å². The van der Waals surface area contributed by atoms with Crippen LogP contribution in [0.4, 0.5) is 17.1 Å². The highest BCUT2D eigenvalue weighted by Gasteiger charge is 2.27. The van der Waals surface area contributed by atoms with Gasteiger partial charge in [-0.1, -0.05) is 146 Å². The van der Waals surface area contributed by atoms with Gasteiger partial charge in [0.25, 0.3) is 0 Å². The Morgan fingerprint density at radius 1 is 0.393 bits per heavy atom. The molecular weight excluding hydrogens is 703 g/mol. The number of hydrogen-bond acceptors (Lipinski definition) is 4. The maximum atomic E-state index is 7.37. The first kappa shape index (κ1) is 31.2. The van der Waals surface area contributed by atoms with Crippen molar-refractivity contribution < 1.29 is 8.83 Å². The minimum Gasteiger partial charge on any atom is -0.456 e. The van der Waals surface area contributed by atoms with Crippen molar-refractivity contribution in [2.75, 3.05) is 4.90 Å². The van der Waals surface area contributed by atoms with Gasteiger partial charge in [-0.15, -0.1) is 11.3 Å². The Bertz CT molecular complexity index is 3500. The third-order valence-electron chi connectivity index (χ3n) is 11.2. The van der Waals surface area contributed by atoms with Gasteiger partial charge in [0.15, 0.2) is 5.58 Å². The molecule has 9 aromatic carbocycles. The maximum Gasteiger partial charge on any atom is 0.159 e. The molecule has 0 aliphatic rings. The van der Waals surface area contributed by atoms with Gasteiger partial charge in [-0.2, -0.15) is 0 Å². The van der Waals surface area contributed by atoms with E-state index in [1.54, 1.807) is 0 Å². The Morgan fingerprint density at radius 3 is 2.00 bits per heavy atom. The predicted octanol–water partition coefficient (Wildman–Crippen LogP) is 15.8. The fourth-order valence-electron chi connectivity index (χ4n) is 8.75. The summed E-state index contributed by atoms with van der Waals surface area (Å²) in [5.41, 5.74) is 10.9. The zero-order valence-electron chi connectivity index (χ0n) is 30.1. The molecular formula is C52H31NO2S. The third kappa shape index (κ3) is 4.63. The molecule has 56 heavy (non-hydrogen) atoms. The molecule has 4 heteroatoms. The van der Waals surface area contributed by atoms with Gasteiger partial charge in [0, 0.05) is 48.1 Å². The van der Waals surface area contributed by atoms with Crippen molar-refractivity contribution in [2.24, 2.45) is 0 Å². The first-order chi connectivity index (χ1) is 27.8. The third-order valence-corrected chi connectivity index (χ3v) is 12.5. The Kier molecular flexibility index (Phi) is 6.80. The van der Waals surface area contributed by atoms with Crippen LogP contribution in [0.2, 0.25) is 0 Å². The Morgan fingerprint density at radius 2 is 1.09 bits per heavy atom. The zero-order chi connectivity index (χ0) is 36.7. The van der Waals surface area contributed by atoms with Gasteiger partial charge < -0.3 is 13.7 Å². The molecule has 0 saturated carbocycles. The molecule has 0 N–H and O–H groups in total. The molecule has 3 nitrogen and oxygen atoms in total. The number of hydrogen-bond donors (Lipinski definition) is 0. The molecule has 0 amide bonds. The summed E-state index contributed by atoms with van der Waals surface area (Å²) in [5.74, 6) is 0. The van der Waals surface area contributed by atoms with E-state index in [0.29, 0.717) is 0 Å². The van der Waals surface area contributed by atoms with Crippen LogP contribution in [0.25, 0.3) is 97.1 Å². The topological polar surface area (TPSA) is 29.5 Å². The number of nitrogens with zero attached hydrogens (tertiary/aromatic N) is 1. The van der Waals surface area contributed by atoms with Crippen molar-refractivity contribution in [3.63, 3.8) is 0 Å². The van der Waals surface area contributed by atoms with Crippen LogP contribution in [-0.2, 0) is 0 Å². The second-order valence-corrected chi connectivity index (χ2v) is 15.4. The number of fused-ring (bicyclic) bond motifs is 10. The number of benzene rings is 9. The van der Waals surface area contributed by atoms with Crippen LogP contribution >= 0.6 is 11.3 Å². The summed E-state index contributed by atoms with van der Waals surface area (Å²) in [6.45, 7) is 0. The minimum atomic E-state index is 0.822. The zero-order valence-corrected chi connectivity index (χ0v) is 30.9. The molecule has 12 rings (SSSR count). The van der Waals surface area contributed by atoms with E-state index < -0.39 is 0 Å². The quantitative estimate of drug-likeness (QED) is 0.176. The lowest BCUT2D eigenvalue weighted by Crippen LogP contribution is -2.11. The minimum absolute atomic E-state index is 0.822. The summed E-state index contributed by atoms with van der Waals surface area (Å²) in [5, 5.41) is 9.08. The fourth-order valence-corrected chi connectivity index (χ4v) is 9.95. The fraction of sp³-hybridized carbons (Fsp3) is 0. The second kappa shape index (κ2) is 12.2. The molecule has 3 aromatic heterocycles. The van der Waals surface area contributed by atoms with Crippen molar-refractivity contribution in [3.8, 4) is 22.3 Å². The van der Waals surface area contributed by atoms with Gasteiger partial charge in [0.2, 0.25) is 0 Å². The lowest BCUT2D eigenvalue weighted by molar-refractivity contribution is 0.665. The second-order valence-electron chi connectivity index (χ2n) is 14.4. The van der Waals surface area contributed by atoms with E-state index in [4.69, 9.17) is 8.83 Å². The van der Waals surface area contributed by atoms with Crippen LogP contribution in [0.15, 0.2) is 197 Å². The van der Waals surface area contributed by atoms with Gasteiger partial charge in [-0.25, -0.2) is 0 Å². The first-order valence-electron chi connectivity index (χ1n) is 18.9. The molecule has 12 aromatic rings. The highest BCUT2D eigenvalue weighted by molar-refractivity contribution is 7.26. The van der Waals surface area contributed by atoms with Crippen LogP contribution in [0, 0.1) is 0 Å². The smallest absolute Gasteiger partial charge is 0.159 e.